The number of amides is 2. The molecule has 1 atom stereocenters. The van der Waals surface area contributed by atoms with Crippen LogP contribution in [0, 0.1) is 5.82 Å². The van der Waals surface area contributed by atoms with E-state index in [1.165, 1.54) is 41.8 Å². The highest BCUT2D eigenvalue weighted by Crippen LogP contribution is 2.18. The van der Waals surface area contributed by atoms with E-state index in [4.69, 9.17) is 4.74 Å². The quantitative estimate of drug-likeness (QED) is 0.597. The van der Waals surface area contributed by atoms with Gasteiger partial charge in [-0.1, -0.05) is 18.2 Å². The number of carbonyl (C=O) groups excluding carboxylic acids is 2. The van der Waals surface area contributed by atoms with E-state index in [2.05, 4.69) is 15.8 Å². The SMILES string of the molecule is CC(Oc1ccccc1F)C(=O)NNC(=O)c1nc(S(C)(=O)=O)n2ccccc12. The molecule has 2 amide bonds. The second-order valence-corrected chi connectivity index (χ2v) is 8.01. The number of rotatable bonds is 5. The second kappa shape index (κ2) is 7.87. The highest BCUT2D eigenvalue weighted by molar-refractivity contribution is 7.90. The lowest BCUT2D eigenvalue weighted by Crippen LogP contribution is -2.47. The van der Waals surface area contributed by atoms with Crippen LogP contribution in [-0.4, -0.2) is 42.0 Å². The molecule has 0 bridgehead atoms. The number of benzene rings is 1. The Labute approximate surface area is 165 Å². The first-order chi connectivity index (χ1) is 13.7. The van der Waals surface area contributed by atoms with E-state index in [-0.39, 0.29) is 22.1 Å². The molecule has 0 aliphatic heterocycles. The van der Waals surface area contributed by atoms with Crippen molar-refractivity contribution in [1.82, 2.24) is 20.2 Å². The summed E-state index contributed by atoms with van der Waals surface area (Å²) in [5, 5.41) is -0.305. The van der Waals surface area contributed by atoms with Gasteiger partial charge < -0.3 is 4.74 Å². The summed E-state index contributed by atoms with van der Waals surface area (Å²) in [5.74, 6) is -2.31. The normalized spacial score (nSPS) is 12.4. The van der Waals surface area contributed by atoms with Crippen molar-refractivity contribution >= 4 is 27.2 Å². The van der Waals surface area contributed by atoms with Gasteiger partial charge in [-0.3, -0.25) is 24.8 Å². The summed E-state index contributed by atoms with van der Waals surface area (Å²) < 4.78 is 43.9. The molecule has 1 unspecified atom stereocenters. The molecule has 2 N–H and O–H groups in total. The Kier molecular flexibility index (Phi) is 5.50. The fourth-order valence-corrected chi connectivity index (χ4v) is 3.28. The maximum absolute atomic E-state index is 13.6. The van der Waals surface area contributed by atoms with E-state index in [9.17, 15) is 22.4 Å². The highest BCUT2D eigenvalue weighted by atomic mass is 32.2. The third kappa shape index (κ3) is 4.35. The summed E-state index contributed by atoms with van der Waals surface area (Å²) in [7, 11) is -3.70. The molecule has 0 saturated heterocycles. The van der Waals surface area contributed by atoms with Gasteiger partial charge in [-0.15, -0.1) is 0 Å². The van der Waals surface area contributed by atoms with Gasteiger partial charge in [-0.25, -0.2) is 17.8 Å². The van der Waals surface area contributed by atoms with Crippen LogP contribution < -0.4 is 15.6 Å². The van der Waals surface area contributed by atoms with Crippen LogP contribution in [0.2, 0.25) is 0 Å². The van der Waals surface area contributed by atoms with Crippen molar-refractivity contribution in [1.29, 1.82) is 0 Å². The number of hydrogen-bond acceptors (Lipinski definition) is 6. The minimum atomic E-state index is -3.70. The van der Waals surface area contributed by atoms with Gasteiger partial charge in [-0.05, 0) is 31.2 Å². The largest absolute Gasteiger partial charge is 0.478 e. The number of sulfone groups is 1. The number of imidazole rings is 1. The van der Waals surface area contributed by atoms with E-state index in [1.54, 1.807) is 18.2 Å². The molecule has 1 aromatic carbocycles. The average molecular weight is 420 g/mol. The minimum absolute atomic E-state index is 0.112. The van der Waals surface area contributed by atoms with E-state index in [0.29, 0.717) is 0 Å². The van der Waals surface area contributed by atoms with Crippen LogP contribution in [0.25, 0.3) is 5.52 Å². The third-order valence-corrected chi connectivity index (χ3v) is 4.82. The number of hydrazine groups is 1. The van der Waals surface area contributed by atoms with Gasteiger partial charge in [0.15, 0.2) is 23.4 Å². The molecule has 9 nitrogen and oxygen atoms in total. The van der Waals surface area contributed by atoms with E-state index >= 15 is 0 Å². The topological polar surface area (TPSA) is 119 Å². The van der Waals surface area contributed by atoms with Gasteiger partial charge in [0.1, 0.15) is 0 Å². The van der Waals surface area contributed by atoms with Crippen LogP contribution in [0.15, 0.2) is 53.8 Å². The number of nitrogens with zero attached hydrogens (tertiary/aromatic N) is 2. The molecule has 11 heteroatoms. The van der Waals surface area contributed by atoms with Crippen molar-refractivity contribution in [2.75, 3.05) is 6.26 Å². The van der Waals surface area contributed by atoms with Crippen molar-refractivity contribution in [3.8, 4) is 5.75 Å². The minimum Gasteiger partial charge on any atom is -0.478 e. The third-order valence-electron chi connectivity index (χ3n) is 3.87. The van der Waals surface area contributed by atoms with Gasteiger partial charge >= 0.3 is 0 Å². The Bertz CT molecular complexity index is 1190. The molecule has 3 rings (SSSR count). The number of para-hydroxylation sites is 1. The van der Waals surface area contributed by atoms with Crippen molar-refractivity contribution in [3.05, 3.63) is 60.2 Å². The predicted molar refractivity (Wildman–Crippen MR) is 100 cm³/mol. The molecule has 2 aromatic heterocycles. The first kappa shape index (κ1) is 20.3. The molecular formula is C18H17FN4O5S. The Morgan fingerprint density at radius 2 is 1.83 bits per heavy atom. The molecule has 0 spiro atoms. The van der Waals surface area contributed by atoms with Crippen molar-refractivity contribution in [3.63, 3.8) is 0 Å². The number of aromatic nitrogens is 2. The molecule has 3 aromatic rings. The molecule has 152 valence electrons. The molecular weight excluding hydrogens is 403 g/mol. The van der Waals surface area contributed by atoms with Crippen LogP contribution in [0.5, 0.6) is 5.75 Å². The van der Waals surface area contributed by atoms with E-state index in [0.717, 1.165) is 6.26 Å². The first-order valence-corrected chi connectivity index (χ1v) is 10.3. The zero-order valence-electron chi connectivity index (χ0n) is 15.4. The van der Waals surface area contributed by atoms with Gasteiger partial charge in [-0.2, -0.15) is 0 Å². The summed E-state index contributed by atoms with van der Waals surface area (Å²) >= 11 is 0. The number of ether oxygens (including phenoxy) is 1. The van der Waals surface area contributed by atoms with Crippen LogP contribution in [-0.2, 0) is 14.6 Å². The van der Waals surface area contributed by atoms with Gasteiger partial charge in [0.25, 0.3) is 11.8 Å². The molecule has 0 radical (unpaired) electrons. The summed E-state index contributed by atoms with van der Waals surface area (Å²) in [6, 6.07) is 10.3. The molecule has 0 fully saturated rings. The van der Waals surface area contributed by atoms with Gasteiger partial charge in [0, 0.05) is 12.5 Å². The van der Waals surface area contributed by atoms with Crippen molar-refractivity contribution < 1.29 is 27.1 Å². The zero-order chi connectivity index (χ0) is 21.2. The zero-order valence-corrected chi connectivity index (χ0v) is 16.2. The summed E-state index contributed by atoms with van der Waals surface area (Å²) in [6.07, 6.45) is 1.32. The van der Waals surface area contributed by atoms with Gasteiger partial charge in [0.2, 0.25) is 15.0 Å². The fourth-order valence-electron chi connectivity index (χ4n) is 2.50. The highest BCUT2D eigenvalue weighted by Gasteiger charge is 2.24. The number of carbonyl (C=O) groups is 2. The molecule has 0 aliphatic rings. The maximum atomic E-state index is 13.6. The number of hydrogen-bond donors (Lipinski definition) is 2. The Morgan fingerprint density at radius 3 is 2.52 bits per heavy atom. The summed E-state index contributed by atoms with van der Waals surface area (Å²) in [4.78, 5) is 28.5. The van der Waals surface area contributed by atoms with Crippen LogP contribution in [0.3, 0.4) is 0 Å². The number of nitrogens with one attached hydrogen (secondary N) is 2. The van der Waals surface area contributed by atoms with Crippen LogP contribution >= 0.6 is 0 Å². The van der Waals surface area contributed by atoms with Crippen molar-refractivity contribution in [2.45, 2.75) is 18.2 Å². The maximum Gasteiger partial charge on any atom is 0.290 e. The average Bonchev–Trinajstić information content (AvgIpc) is 3.08. The lowest BCUT2D eigenvalue weighted by atomic mass is 10.3. The van der Waals surface area contributed by atoms with E-state index in [1.807, 2.05) is 0 Å². The second-order valence-electron chi connectivity index (χ2n) is 6.10. The number of fused-ring (bicyclic) bond motifs is 1. The Morgan fingerprint density at radius 1 is 1.14 bits per heavy atom. The lowest BCUT2D eigenvalue weighted by molar-refractivity contribution is -0.128. The predicted octanol–water partition coefficient (Wildman–Crippen LogP) is 1.11. The number of halogens is 1. The van der Waals surface area contributed by atoms with Crippen LogP contribution in [0.4, 0.5) is 4.39 Å². The monoisotopic (exact) mass is 420 g/mol. The standard InChI is InChI=1S/C18H17FN4O5S/c1-11(28-14-9-4-3-7-12(14)19)16(24)21-22-17(25)15-13-8-5-6-10-23(13)18(20-15)29(2,26)27/h3-11H,1-2H3,(H,21,24)(H,22,25). The van der Waals surface area contributed by atoms with Crippen molar-refractivity contribution in [2.24, 2.45) is 0 Å². The molecule has 2 heterocycles. The molecule has 0 saturated carbocycles. The Balaban J connectivity index is 1.73. The molecule has 29 heavy (non-hydrogen) atoms. The summed E-state index contributed by atoms with van der Waals surface area (Å²) in [5.41, 5.74) is 4.36. The van der Waals surface area contributed by atoms with E-state index < -0.39 is 33.6 Å². The number of pyridine rings is 1. The lowest BCUT2D eigenvalue weighted by Gasteiger charge is -2.15. The fraction of sp³-hybridized carbons (Fsp3) is 0.167. The molecule has 0 aliphatic carbocycles. The van der Waals surface area contributed by atoms with Gasteiger partial charge in [0.05, 0.1) is 5.52 Å². The summed E-state index contributed by atoms with van der Waals surface area (Å²) in [6.45, 7) is 1.38. The smallest absolute Gasteiger partial charge is 0.290 e. The first-order valence-electron chi connectivity index (χ1n) is 8.37. The van der Waals surface area contributed by atoms with Crippen LogP contribution in [0.1, 0.15) is 17.4 Å². The Hall–Kier alpha value is -3.47.